The third kappa shape index (κ3) is 3.55. The maximum atomic E-state index is 2.55. The molecule has 1 unspecified atom stereocenters. The molecule has 4 rings (SSSR count). The molecule has 0 fully saturated rings. The summed E-state index contributed by atoms with van der Waals surface area (Å²) in [6.07, 6.45) is 6.84. The van der Waals surface area contributed by atoms with Crippen molar-refractivity contribution in [2.45, 2.75) is 33.2 Å². The molecular weight excluding hydrogens is 352 g/mol. The topological polar surface area (TPSA) is 0 Å². The zero-order chi connectivity index (χ0) is 19.6. The van der Waals surface area contributed by atoms with Gasteiger partial charge in [0.1, 0.15) is 8.07 Å². The lowest BCUT2D eigenvalue weighted by Gasteiger charge is -2.32. The van der Waals surface area contributed by atoms with Gasteiger partial charge in [0, 0.05) is 0 Å². The second-order valence-electron chi connectivity index (χ2n) is 8.14. The minimum atomic E-state index is -2.03. The molecule has 0 aromatic heterocycles. The van der Waals surface area contributed by atoms with Gasteiger partial charge in [-0.2, -0.15) is 0 Å². The van der Waals surface area contributed by atoms with Crippen molar-refractivity contribution in [1.29, 1.82) is 0 Å². The summed E-state index contributed by atoms with van der Waals surface area (Å²) in [6.45, 7) is 6.99. The highest BCUT2D eigenvalue weighted by atomic mass is 28.3. The Morgan fingerprint density at radius 1 is 0.750 bits per heavy atom. The first-order chi connectivity index (χ1) is 13.6. The highest BCUT2D eigenvalue weighted by Crippen LogP contribution is 2.31. The Kier molecular flexibility index (Phi) is 5.19. The number of benzene rings is 3. The maximum absolute atomic E-state index is 2.55. The molecule has 0 nitrogen and oxygen atoms in total. The molecular formula is C27H28Si. The second kappa shape index (κ2) is 7.77. The molecule has 0 saturated heterocycles. The number of rotatable bonds is 5. The van der Waals surface area contributed by atoms with E-state index in [2.05, 4.69) is 111 Å². The van der Waals surface area contributed by atoms with Crippen LogP contribution in [-0.4, -0.2) is 8.07 Å². The van der Waals surface area contributed by atoms with Crippen LogP contribution >= 0.6 is 0 Å². The summed E-state index contributed by atoms with van der Waals surface area (Å²) in [5.74, 6) is 0. The summed E-state index contributed by atoms with van der Waals surface area (Å²) in [4.78, 5) is 0. The Morgan fingerprint density at radius 3 is 2.00 bits per heavy atom. The molecule has 0 amide bonds. The zero-order valence-corrected chi connectivity index (χ0v) is 18.1. The number of allylic oxidation sites excluding steroid dienone is 4. The second-order valence-corrected chi connectivity index (χ2v) is 12.1. The summed E-state index contributed by atoms with van der Waals surface area (Å²) in [5, 5.41) is 4.69. The summed E-state index contributed by atoms with van der Waals surface area (Å²) in [7, 11) is -2.03. The van der Waals surface area contributed by atoms with E-state index in [1.807, 2.05) is 0 Å². The highest BCUT2D eigenvalue weighted by molar-refractivity contribution is 7.06. The van der Waals surface area contributed by atoms with Crippen LogP contribution in [0, 0.1) is 13.8 Å². The normalized spacial score (nSPS) is 15.7. The van der Waals surface area contributed by atoms with Gasteiger partial charge in [0.15, 0.2) is 0 Å². The van der Waals surface area contributed by atoms with Crippen molar-refractivity contribution < 1.29 is 0 Å². The quantitative estimate of drug-likeness (QED) is 0.510. The molecule has 0 saturated carbocycles. The third-order valence-electron chi connectivity index (χ3n) is 6.02. The van der Waals surface area contributed by atoms with Crippen molar-refractivity contribution in [3.8, 4) is 0 Å². The van der Waals surface area contributed by atoms with Crippen molar-refractivity contribution in [1.82, 2.24) is 0 Å². The van der Waals surface area contributed by atoms with E-state index in [0.29, 0.717) is 0 Å². The van der Waals surface area contributed by atoms with E-state index in [9.17, 15) is 0 Å². The van der Waals surface area contributed by atoms with Crippen molar-refractivity contribution in [3.63, 3.8) is 0 Å². The first kappa shape index (κ1) is 18.7. The largest absolute Gasteiger partial charge is 0.141 e. The zero-order valence-electron chi connectivity index (χ0n) is 17.1. The van der Waals surface area contributed by atoms with E-state index in [-0.39, 0.29) is 0 Å². The smallest absolute Gasteiger partial charge is 0.0805 e. The Morgan fingerprint density at radius 2 is 1.36 bits per heavy atom. The molecule has 1 heteroatoms. The van der Waals surface area contributed by atoms with Crippen LogP contribution in [0.1, 0.15) is 23.1 Å². The summed E-state index contributed by atoms with van der Waals surface area (Å²) < 4.78 is 0. The number of hydrogen-bond donors (Lipinski definition) is 0. The third-order valence-corrected chi connectivity index (χ3v) is 10.7. The lowest BCUT2D eigenvalue weighted by molar-refractivity contribution is 1.18. The van der Waals surface area contributed by atoms with Gasteiger partial charge >= 0.3 is 0 Å². The van der Waals surface area contributed by atoms with Gasteiger partial charge in [-0.1, -0.05) is 114 Å². The lowest BCUT2D eigenvalue weighted by Crippen LogP contribution is -2.58. The predicted octanol–water partition coefficient (Wildman–Crippen LogP) is 5.53. The molecule has 0 heterocycles. The molecule has 1 atom stereocenters. The van der Waals surface area contributed by atoms with Crippen molar-refractivity contribution >= 4 is 18.4 Å². The molecule has 1 aliphatic rings. The average molecular weight is 381 g/mol. The van der Waals surface area contributed by atoms with Gasteiger partial charge in [-0.05, 0) is 48.2 Å². The Balaban J connectivity index is 1.89. The first-order valence-electron chi connectivity index (χ1n) is 10.1. The lowest BCUT2D eigenvalue weighted by atomic mass is 10.1. The van der Waals surface area contributed by atoms with Gasteiger partial charge in [-0.25, -0.2) is 0 Å². The Hall–Kier alpha value is -2.64. The van der Waals surface area contributed by atoms with Crippen molar-refractivity contribution in [2.75, 3.05) is 0 Å². The van der Waals surface area contributed by atoms with Gasteiger partial charge in [0.2, 0.25) is 0 Å². The SMILES string of the molecule is Cc1cc(C)cc([Si](C)(C2=C(Cc3ccccc3)C=CC2)c2ccccc2)c1. The van der Waals surface area contributed by atoms with E-state index in [1.165, 1.54) is 32.6 Å². The van der Waals surface area contributed by atoms with Crippen LogP contribution in [0.3, 0.4) is 0 Å². The molecule has 140 valence electrons. The number of aryl methyl sites for hydroxylation is 2. The average Bonchev–Trinajstić information content (AvgIpc) is 3.16. The van der Waals surface area contributed by atoms with Gasteiger partial charge in [-0.3, -0.25) is 0 Å². The monoisotopic (exact) mass is 380 g/mol. The van der Waals surface area contributed by atoms with E-state index in [1.54, 1.807) is 5.20 Å². The molecule has 0 spiro atoms. The summed E-state index contributed by atoms with van der Waals surface area (Å²) >= 11 is 0. The minimum absolute atomic E-state index is 1.02. The fraction of sp³-hybridized carbons (Fsp3) is 0.185. The first-order valence-corrected chi connectivity index (χ1v) is 12.6. The highest BCUT2D eigenvalue weighted by Gasteiger charge is 2.38. The van der Waals surface area contributed by atoms with Gasteiger partial charge in [0.25, 0.3) is 0 Å². The predicted molar refractivity (Wildman–Crippen MR) is 124 cm³/mol. The molecule has 0 aliphatic heterocycles. The van der Waals surface area contributed by atoms with Crippen LogP contribution < -0.4 is 10.4 Å². The Labute approximate surface area is 170 Å². The summed E-state index contributed by atoms with van der Waals surface area (Å²) in [6, 6.07) is 29.2. The summed E-state index contributed by atoms with van der Waals surface area (Å²) in [5.41, 5.74) is 5.64. The van der Waals surface area contributed by atoms with Crippen LogP contribution in [0.2, 0.25) is 6.55 Å². The standard InChI is InChI=1S/C27H28Si/c1-21-17-22(2)19-26(18-21)28(3,25-14-8-5-9-15-25)27-16-10-13-24(27)20-23-11-6-4-7-12-23/h4-15,17-19H,16,20H2,1-3H3. The van der Waals surface area contributed by atoms with Gasteiger partial charge < -0.3 is 0 Å². The maximum Gasteiger partial charge on any atom is 0.141 e. The fourth-order valence-corrected chi connectivity index (χ4v) is 8.87. The molecule has 0 bridgehead atoms. The van der Waals surface area contributed by atoms with Crippen LogP contribution in [0.25, 0.3) is 0 Å². The molecule has 3 aromatic rings. The van der Waals surface area contributed by atoms with Crippen LogP contribution in [-0.2, 0) is 6.42 Å². The fourth-order valence-electron chi connectivity index (χ4n) is 4.61. The molecule has 0 N–H and O–H groups in total. The van der Waals surface area contributed by atoms with Crippen LogP contribution in [0.4, 0.5) is 0 Å². The van der Waals surface area contributed by atoms with Gasteiger partial charge in [-0.15, -0.1) is 0 Å². The Bertz CT molecular complexity index is 1010. The molecule has 0 radical (unpaired) electrons. The van der Waals surface area contributed by atoms with E-state index in [0.717, 1.165) is 12.8 Å². The van der Waals surface area contributed by atoms with E-state index < -0.39 is 8.07 Å². The molecule has 1 aliphatic carbocycles. The van der Waals surface area contributed by atoms with Crippen molar-refractivity contribution in [3.05, 3.63) is 118 Å². The van der Waals surface area contributed by atoms with Crippen LogP contribution in [0.5, 0.6) is 0 Å². The van der Waals surface area contributed by atoms with E-state index >= 15 is 0 Å². The molecule has 3 aromatic carbocycles. The minimum Gasteiger partial charge on any atom is -0.0805 e. The van der Waals surface area contributed by atoms with Crippen molar-refractivity contribution in [2.24, 2.45) is 0 Å². The molecule has 28 heavy (non-hydrogen) atoms. The van der Waals surface area contributed by atoms with Gasteiger partial charge in [0.05, 0.1) is 0 Å². The van der Waals surface area contributed by atoms with Crippen LogP contribution in [0.15, 0.2) is 102 Å². The number of hydrogen-bond acceptors (Lipinski definition) is 0. The van der Waals surface area contributed by atoms with E-state index in [4.69, 9.17) is 0 Å².